The van der Waals surface area contributed by atoms with Gasteiger partial charge in [-0.05, 0) is 31.2 Å². The molecule has 0 bridgehead atoms. The minimum atomic E-state index is -0.341. The van der Waals surface area contributed by atoms with E-state index in [1.54, 1.807) is 24.3 Å². The van der Waals surface area contributed by atoms with Crippen molar-refractivity contribution in [1.82, 2.24) is 15.3 Å². The molecule has 0 saturated carbocycles. The van der Waals surface area contributed by atoms with E-state index in [2.05, 4.69) is 22.1 Å². The molecule has 26 heavy (non-hydrogen) atoms. The number of nitrogens with one attached hydrogen (secondary N) is 1. The van der Waals surface area contributed by atoms with Crippen LogP contribution in [0.2, 0.25) is 10.0 Å². The summed E-state index contributed by atoms with van der Waals surface area (Å²) in [6, 6.07) is 10.0. The molecule has 7 heteroatoms. The van der Waals surface area contributed by atoms with Crippen LogP contribution in [0.5, 0.6) is 0 Å². The number of rotatable bonds is 2. The maximum Gasteiger partial charge on any atom is 0.226 e. The molecule has 134 valence electrons. The van der Waals surface area contributed by atoms with Crippen LogP contribution in [-0.4, -0.2) is 35.6 Å². The predicted molar refractivity (Wildman–Crippen MR) is 105 cm³/mol. The summed E-state index contributed by atoms with van der Waals surface area (Å²) in [6.45, 7) is 4.56. The fourth-order valence-electron chi connectivity index (χ4n) is 3.27. The van der Waals surface area contributed by atoms with Gasteiger partial charge in [-0.1, -0.05) is 29.3 Å². The van der Waals surface area contributed by atoms with Crippen molar-refractivity contribution in [3.8, 4) is 11.3 Å². The predicted octanol–water partition coefficient (Wildman–Crippen LogP) is 4.54. The van der Waals surface area contributed by atoms with Gasteiger partial charge < -0.3 is 10.2 Å². The molecule has 1 N–H and O–H groups in total. The molecule has 0 spiro atoms. The lowest BCUT2D eigenvalue weighted by molar-refractivity contribution is 0.493. The summed E-state index contributed by atoms with van der Waals surface area (Å²) in [5, 5.41) is 5.06. The van der Waals surface area contributed by atoms with Crippen LogP contribution < -0.4 is 10.2 Å². The zero-order chi connectivity index (χ0) is 18.3. The van der Waals surface area contributed by atoms with Gasteiger partial charge in [-0.25, -0.2) is 14.4 Å². The Bertz CT molecular complexity index is 959. The average Bonchev–Trinajstić information content (AvgIpc) is 2.61. The van der Waals surface area contributed by atoms with Crippen molar-refractivity contribution >= 4 is 40.1 Å². The normalized spacial score (nSPS) is 17.7. The molecule has 1 fully saturated rings. The third-order valence-electron chi connectivity index (χ3n) is 4.60. The third-order valence-corrected chi connectivity index (χ3v) is 5.23. The Morgan fingerprint density at radius 2 is 1.92 bits per heavy atom. The van der Waals surface area contributed by atoms with Gasteiger partial charge in [0.05, 0.1) is 21.3 Å². The first kappa shape index (κ1) is 17.5. The number of benzene rings is 2. The van der Waals surface area contributed by atoms with Gasteiger partial charge in [0.25, 0.3) is 0 Å². The van der Waals surface area contributed by atoms with E-state index >= 15 is 0 Å². The highest BCUT2D eigenvalue weighted by atomic mass is 35.5. The molecule has 3 aromatic rings. The molecule has 0 radical (unpaired) electrons. The summed E-state index contributed by atoms with van der Waals surface area (Å²) >= 11 is 12.8. The number of hydrogen-bond acceptors (Lipinski definition) is 4. The van der Waals surface area contributed by atoms with Gasteiger partial charge in [0.1, 0.15) is 5.82 Å². The Morgan fingerprint density at radius 3 is 2.65 bits per heavy atom. The number of piperazine rings is 1. The van der Waals surface area contributed by atoms with Gasteiger partial charge in [0.2, 0.25) is 5.95 Å². The summed E-state index contributed by atoms with van der Waals surface area (Å²) in [5.74, 6) is 0.217. The highest BCUT2D eigenvalue weighted by Crippen LogP contribution is 2.38. The van der Waals surface area contributed by atoms with Crippen molar-refractivity contribution in [2.24, 2.45) is 0 Å². The van der Waals surface area contributed by atoms with Crippen LogP contribution in [0.1, 0.15) is 6.92 Å². The minimum Gasteiger partial charge on any atom is -0.336 e. The SMILES string of the molecule is CC1CNCCN1c1nc(-c2c(Cl)cccc2Cl)c2ccc(F)cc2n1. The van der Waals surface area contributed by atoms with Gasteiger partial charge in [0, 0.05) is 42.7 Å². The molecule has 2 heterocycles. The number of fused-ring (bicyclic) bond motifs is 1. The van der Waals surface area contributed by atoms with Crippen LogP contribution in [0.3, 0.4) is 0 Å². The maximum atomic E-state index is 13.8. The summed E-state index contributed by atoms with van der Waals surface area (Å²) < 4.78 is 13.8. The van der Waals surface area contributed by atoms with Crippen LogP contribution in [0.15, 0.2) is 36.4 Å². The Hall–Kier alpha value is -1.95. The van der Waals surface area contributed by atoms with E-state index in [0.717, 1.165) is 19.6 Å². The van der Waals surface area contributed by atoms with Crippen molar-refractivity contribution in [2.75, 3.05) is 24.5 Å². The molecule has 1 saturated heterocycles. The van der Waals surface area contributed by atoms with E-state index < -0.39 is 0 Å². The van der Waals surface area contributed by atoms with Gasteiger partial charge >= 0.3 is 0 Å². The minimum absolute atomic E-state index is 0.226. The fraction of sp³-hybridized carbons (Fsp3) is 0.263. The van der Waals surface area contributed by atoms with Crippen LogP contribution in [-0.2, 0) is 0 Å². The first-order valence-corrected chi connectivity index (χ1v) is 9.19. The quantitative estimate of drug-likeness (QED) is 0.697. The second-order valence-corrected chi connectivity index (χ2v) is 7.19. The van der Waals surface area contributed by atoms with Crippen LogP contribution in [0.25, 0.3) is 22.2 Å². The van der Waals surface area contributed by atoms with E-state index in [-0.39, 0.29) is 11.9 Å². The molecule has 2 aromatic carbocycles. The van der Waals surface area contributed by atoms with Crippen molar-refractivity contribution in [1.29, 1.82) is 0 Å². The van der Waals surface area contributed by atoms with E-state index in [4.69, 9.17) is 28.2 Å². The molecule has 0 amide bonds. The molecule has 4 rings (SSSR count). The molecule has 1 aliphatic rings. The molecule has 1 aromatic heterocycles. The fourth-order valence-corrected chi connectivity index (χ4v) is 3.85. The number of aromatic nitrogens is 2. The molecule has 0 aliphatic carbocycles. The summed E-state index contributed by atoms with van der Waals surface area (Å²) in [4.78, 5) is 11.5. The van der Waals surface area contributed by atoms with Crippen LogP contribution in [0, 0.1) is 5.82 Å². The van der Waals surface area contributed by atoms with E-state index in [0.29, 0.717) is 38.2 Å². The summed E-state index contributed by atoms with van der Waals surface area (Å²) in [6.07, 6.45) is 0. The van der Waals surface area contributed by atoms with Crippen molar-refractivity contribution in [2.45, 2.75) is 13.0 Å². The smallest absolute Gasteiger partial charge is 0.226 e. The van der Waals surface area contributed by atoms with E-state index in [9.17, 15) is 4.39 Å². The average molecular weight is 391 g/mol. The van der Waals surface area contributed by atoms with Crippen LogP contribution in [0.4, 0.5) is 10.3 Å². The molecule has 1 aliphatic heterocycles. The number of hydrogen-bond donors (Lipinski definition) is 1. The summed E-state index contributed by atoms with van der Waals surface area (Å²) in [7, 11) is 0. The second kappa shape index (κ2) is 6.99. The Balaban J connectivity index is 1.99. The lowest BCUT2D eigenvalue weighted by atomic mass is 10.1. The van der Waals surface area contributed by atoms with Crippen molar-refractivity contribution in [3.05, 3.63) is 52.3 Å². The third kappa shape index (κ3) is 3.11. The number of halogens is 3. The first-order valence-electron chi connectivity index (χ1n) is 8.43. The lowest BCUT2D eigenvalue weighted by Crippen LogP contribution is -2.50. The standard InChI is InChI=1S/C19H17Cl2FN4/c1-11-10-23-7-8-26(11)19-24-16-9-12(22)5-6-13(16)18(25-19)17-14(20)3-2-4-15(17)21/h2-6,9,11,23H,7-8,10H2,1H3. The molecular weight excluding hydrogens is 374 g/mol. The summed E-state index contributed by atoms with van der Waals surface area (Å²) in [5.41, 5.74) is 1.79. The molecular formula is C19H17Cl2FN4. The topological polar surface area (TPSA) is 41.0 Å². The molecule has 4 nitrogen and oxygen atoms in total. The number of nitrogens with zero attached hydrogens (tertiary/aromatic N) is 3. The van der Waals surface area contributed by atoms with Crippen LogP contribution >= 0.6 is 23.2 Å². The number of anilines is 1. The van der Waals surface area contributed by atoms with Gasteiger partial charge in [-0.2, -0.15) is 0 Å². The largest absolute Gasteiger partial charge is 0.336 e. The van der Waals surface area contributed by atoms with E-state index in [1.165, 1.54) is 12.1 Å². The van der Waals surface area contributed by atoms with Gasteiger partial charge in [-0.3, -0.25) is 0 Å². The van der Waals surface area contributed by atoms with E-state index in [1.807, 2.05) is 0 Å². The second-order valence-electron chi connectivity index (χ2n) is 6.38. The van der Waals surface area contributed by atoms with Crippen molar-refractivity contribution < 1.29 is 4.39 Å². The van der Waals surface area contributed by atoms with Crippen molar-refractivity contribution in [3.63, 3.8) is 0 Å². The highest BCUT2D eigenvalue weighted by molar-refractivity contribution is 6.39. The zero-order valence-corrected chi connectivity index (χ0v) is 15.7. The molecule has 1 atom stereocenters. The van der Waals surface area contributed by atoms with Gasteiger partial charge in [-0.15, -0.1) is 0 Å². The Labute approximate surface area is 161 Å². The van der Waals surface area contributed by atoms with Gasteiger partial charge in [0.15, 0.2) is 0 Å². The molecule has 1 unspecified atom stereocenters. The Kier molecular flexibility index (Phi) is 4.69. The maximum absolute atomic E-state index is 13.8. The highest BCUT2D eigenvalue weighted by Gasteiger charge is 2.23. The Morgan fingerprint density at radius 1 is 1.15 bits per heavy atom. The lowest BCUT2D eigenvalue weighted by Gasteiger charge is -2.34. The first-order chi connectivity index (χ1) is 12.5. The monoisotopic (exact) mass is 390 g/mol. The zero-order valence-electron chi connectivity index (χ0n) is 14.1.